The summed E-state index contributed by atoms with van der Waals surface area (Å²) in [6.45, 7) is 3.67. The Morgan fingerprint density at radius 1 is 1.37 bits per heavy atom. The van der Waals surface area contributed by atoms with Crippen LogP contribution in [0.5, 0.6) is 0 Å². The van der Waals surface area contributed by atoms with Crippen LogP contribution in [0.2, 0.25) is 0 Å². The summed E-state index contributed by atoms with van der Waals surface area (Å²) >= 11 is 0. The second kappa shape index (κ2) is 5.51. The number of piperazine rings is 1. The van der Waals surface area contributed by atoms with Crippen molar-refractivity contribution < 1.29 is 24.3 Å². The Kier molecular flexibility index (Phi) is 4.26. The van der Waals surface area contributed by atoms with Crippen LogP contribution in [-0.2, 0) is 14.4 Å². The van der Waals surface area contributed by atoms with Gasteiger partial charge in [-0.25, -0.2) is 9.59 Å². The highest BCUT2D eigenvalue weighted by atomic mass is 16.4. The minimum Gasteiger partial charge on any atom is -0.478 e. The first-order chi connectivity index (χ1) is 8.75. The number of carbonyl (C=O) groups excluding carboxylic acids is 3. The van der Waals surface area contributed by atoms with E-state index >= 15 is 0 Å². The maximum absolute atomic E-state index is 11.8. The highest BCUT2D eigenvalue weighted by Gasteiger charge is 2.40. The molecule has 0 aromatic rings. The third-order valence-electron chi connectivity index (χ3n) is 2.70. The summed E-state index contributed by atoms with van der Waals surface area (Å²) in [7, 11) is 0. The Morgan fingerprint density at radius 3 is 2.58 bits per heavy atom. The molecule has 4 amide bonds. The molecule has 1 rings (SSSR count). The molecular formula is C11H15N3O5. The smallest absolute Gasteiger partial charge is 0.328 e. The van der Waals surface area contributed by atoms with Gasteiger partial charge in [0.2, 0.25) is 5.91 Å². The summed E-state index contributed by atoms with van der Waals surface area (Å²) in [6.07, 6.45) is 1.36. The van der Waals surface area contributed by atoms with Crippen molar-refractivity contribution in [3.8, 4) is 0 Å². The Morgan fingerprint density at radius 2 is 2.00 bits per heavy atom. The Balaban J connectivity index is 2.70. The monoisotopic (exact) mass is 269 g/mol. The molecule has 1 aliphatic heterocycles. The van der Waals surface area contributed by atoms with Gasteiger partial charge in [0.05, 0.1) is 0 Å². The van der Waals surface area contributed by atoms with Gasteiger partial charge in [0.15, 0.2) is 0 Å². The Hall–Kier alpha value is -2.38. The lowest BCUT2D eigenvalue weighted by Gasteiger charge is -2.40. The average molecular weight is 269 g/mol. The number of amides is 4. The lowest BCUT2D eigenvalue weighted by Crippen LogP contribution is -2.65. The van der Waals surface area contributed by atoms with Crippen LogP contribution in [-0.4, -0.2) is 52.4 Å². The average Bonchev–Trinajstić information content (AvgIpc) is 2.29. The van der Waals surface area contributed by atoms with Crippen LogP contribution in [0, 0.1) is 0 Å². The fraction of sp³-hybridized carbons (Fsp3) is 0.455. The fourth-order valence-electron chi connectivity index (χ4n) is 1.62. The van der Waals surface area contributed by atoms with Crippen LogP contribution < -0.4 is 10.6 Å². The summed E-state index contributed by atoms with van der Waals surface area (Å²) in [5, 5.41) is 13.0. The lowest BCUT2D eigenvalue weighted by atomic mass is 9.99. The molecule has 3 N–H and O–H groups in total. The van der Waals surface area contributed by atoms with Gasteiger partial charge < -0.3 is 15.3 Å². The van der Waals surface area contributed by atoms with Crippen LogP contribution in [0.25, 0.3) is 0 Å². The molecule has 1 fully saturated rings. The molecule has 1 aliphatic rings. The summed E-state index contributed by atoms with van der Waals surface area (Å²) in [5.41, 5.74) is -1.07. The molecule has 0 aromatic carbocycles. The number of urea groups is 1. The molecule has 104 valence electrons. The molecule has 0 aliphatic carbocycles. The molecule has 0 spiro atoms. The number of imide groups is 1. The minimum atomic E-state index is -1.29. The molecule has 0 radical (unpaired) electrons. The van der Waals surface area contributed by atoms with Gasteiger partial charge in [0, 0.05) is 25.2 Å². The number of carboxylic acids is 1. The first-order valence-electron chi connectivity index (χ1n) is 5.57. The van der Waals surface area contributed by atoms with Crippen molar-refractivity contribution in [2.45, 2.75) is 19.4 Å². The molecule has 0 unspecified atom stereocenters. The molecule has 19 heavy (non-hydrogen) atoms. The van der Waals surface area contributed by atoms with Gasteiger partial charge in [-0.05, 0) is 13.8 Å². The van der Waals surface area contributed by atoms with Crippen molar-refractivity contribution in [1.29, 1.82) is 0 Å². The molecule has 8 heteroatoms. The second-order valence-electron chi connectivity index (χ2n) is 4.43. The number of nitrogens with zero attached hydrogens (tertiary/aromatic N) is 1. The van der Waals surface area contributed by atoms with Crippen molar-refractivity contribution in [3.63, 3.8) is 0 Å². The number of rotatable bonds is 2. The van der Waals surface area contributed by atoms with Gasteiger partial charge in [0.1, 0.15) is 5.54 Å². The zero-order chi connectivity index (χ0) is 14.6. The van der Waals surface area contributed by atoms with E-state index in [0.29, 0.717) is 12.6 Å². The molecule has 1 heterocycles. The Bertz CT molecular complexity index is 455. The molecule has 8 nitrogen and oxygen atoms in total. The molecular weight excluding hydrogens is 254 g/mol. The van der Waals surface area contributed by atoms with Crippen molar-refractivity contribution >= 4 is 23.8 Å². The van der Waals surface area contributed by atoms with Gasteiger partial charge in [-0.2, -0.15) is 0 Å². The Labute approximate surface area is 109 Å². The highest BCUT2D eigenvalue weighted by molar-refractivity contribution is 6.04. The zero-order valence-electron chi connectivity index (χ0n) is 10.6. The highest BCUT2D eigenvalue weighted by Crippen LogP contribution is 2.17. The van der Waals surface area contributed by atoms with E-state index in [1.165, 1.54) is 4.90 Å². The van der Waals surface area contributed by atoms with E-state index in [4.69, 9.17) is 5.11 Å². The van der Waals surface area contributed by atoms with Crippen molar-refractivity contribution in [2.24, 2.45) is 0 Å². The number of aliphatic carboxylic acids is 1. The number of hydrogen-bond donors (Lipinski definition) is 3. The van der Waals surface area contributed by atoms with Crippen LogP contribution in [0.4, 0.5) is 4.79 Å². The number of carbonyl (C=O) groups is 4. The van der Waals surface area contributed by atoms with Crippen molar-refractivity contribution in [2.75, 3.05) is 13.1 Å². The van der Waals surface area contributed by atoms with Crippen molar-refractivity contribution in [3.05, 3.63) is 12.2 Å². The molecule has 0 aromatic heterocycles. The predicted molar refractivity (Wildman–Crippen MR) is 64.1 cm³/mol. The van der Waals surface area contributed by atoms with Gasteiger partial charge >= 0.3 is 12.0 Å². The fourth-order valence-corrected chi connectivity index (χ4v) is 1.62. The normalized spacial score (nSPS) is 18.0. The van der Waals surface area contributed by atoms with Gasteiger partial charge in [-0.15, -0.1) is 0 Å². The van der Waals surface area contributed by atoms with E-state index < -0.39 is 23.4 Å². The van der Waals surface area contributed by atoms with Gasteiger partial charge in [-0.1, -0.05) is 0 Å². The van der Waals surface area contributed by atoms with Crippen LogP contribution >= 0.6 is 0 Å². The third-order valence-corrected chi connectivity index (χ3v) is 2.70. The SMILES string of the molecule is CC1(C)C(=O)NCCN1C(=O)NC(=O)C=CC(=O)O. The first kappa shape index (κ1) is 14.7. The van der Waals surface area contributed by atoms with Crippen LogP contribution in [0.1, 0.15) is 13.8 Å². The van der Waals surface area contributed by atoms with E-state index in [1.807, 2.05) is 5.32 Å². The summed E-state index contributed by atoms with van der Waals surface area (Å²) < 4.78 is 0. The minimum absolute atomic E-state index is 0.264. The van der Waals surface area contributed by atoms with E-state index in [1.54, 1.807) is 13.8 Å². The third kappa shape index (κ3) is 3.54. The summed E-state index contributed by atoms with van der Waals surface area (Å²) in [6, 6.07) is -0.736. The lowest BCUT2D eigenvalue weighted by molar-refractivity contribution is -0.133. The maximum Gasteiger partial charge on any atom is 0.328 e. The second-order valence-corrected chi connectivity index (χ2v) is 4.43. The molecule has 0 saturated carbocycles. The van der Waals surface area contributed by atoms with Crippen LogP contribution in [0.15, 0.2) is 12.2 Å². The largest absolute Gasteiger partial charge is 0.478 e. The van der Waals surface area contributed by atoms with Crippen molar-refractivity contribution in [1.82, 2.24) is 15.5 Å². The number of nitrogens with one attached hydrogen (secondary N) is 2. The summed E-state index contributed by atoms with van der Waals surface area (Å²) in [5.74, 6) is -2.46. The topological polar surface area (TPSA) is 116 Å². The molecule has 1 saturated heterocycles. The van der Waals surface area contributed by atoms with Gasteiger partial charge in [-0.3, -0.25) is 14.9 Å². The molecule has 0 bridgehead atoms. The number of hydrogen-bond acceptors (Lipinski definition) is 4. The standard InChI is InChI=1S/C11H15N3O5/c1-11(2)9(18)12-5-6-14(11)10(19)13-7(15)3-4-8(16)17/h3-4H,5-6H2,1-2H3,(H,12,18)(H,16,17)(H,13,15,19). The first-order valence-corrected chi connectivity index (χ1v) is 5.57. The number of carboxylic acid groups (broad SMARTS) is 1. The maximum atomic E-state index is 11.8. The van der Waals surface area contributed by atoms with Gasteiger partial charge in [0.25, 0.3) is 5.91 Å². The van der Waals surface area contributed by atoms with E-state index in [9.17, 15) is 19.2 Å². The quantitative estimate of drug-likeness (QED) is 0.560. The summed E-state index contributed by atoms with van der Waals surface area (Å²) in [4.78, 5) is 46.2. The molecule has 0 atom stereocenters. The predicted octanol–water partition coefficient (Wildman–Crippen LogP) is -0.926. The van der Waals surface area contributed by atoms with E-state index in [-0.39, 0.29) is 12.5 Å². The zero-order valence-corrected chi connectivity index (χ0v) is 10.6. The van der Waals surface area contributed by atoms with E-state index in [0.717, 1.165) is 6.08 Å². The van der Waals surface area contributed by atoms with Crippen LogP contribution in [0.3, 0.4) is 0 Å². The van der Waals surface area contributed by atoms with E-state index in [2.05, 4.69) is 5.32 Å².